The average Bonchev–Trinajstić information content (AvgIpc) is 2.81. The van der Waals surface area contributed by atoms with Crippen LogP contribution in [0.2, 0.25) is 0 Å². The molecule has 4 rings (SSSR count). The van der Waals surface area contributed by atoms with Gasteiger partial charge in [0.15, 0.2) is 0 Å². The molecule has 0 heterocycles. The third-order valence-corrected chi connectivity index (χ3v) is 5.58. The summed E-state index contributed by atoms with van der Waals surface area (Å²) in [6, 6.07) is 36.8. The Labute approximate surface area is 180 Å². The Balaban J connectivity index is 1.44. The van der Waals surface area contributed by atoms with Crippen LogP contribution in [0.25, 0.3) is 22.3 Å². The highest BCUT2D eigenvalue weighted by molar-refractivity contribution is 5.70. The van der Waals surface area contributed by atoms with Crippen molar-refractivity contribution in [3.63, 3.8) is 0 Å². The second kappa shape index (κ2) is 9.45. The van der Waals surface area contributed by atoms with Crippen molar-refractivity contribution in [2.45, 2.75) is 26.2 Å². The smallest absolute Gasteiger partial charge is 0.119 e. The minimum absolute atomic E-state index is 0.519. The van der Waals surface area contributed by atoms with Crippen LogP contribution in [0.1, 0.15) is 30.9 Å². The first-order valence-corrected chi connectivity index (χ1v) is 10.7. The molecule has 0 aliphatic heterocycles. The fraction of sp³-hybridized carbons (Fsp3) is 0.172. The fourth-order valence-corrected chi connectivity index (χ4v) is 3.85. The van der Waals surface area contributed by atoms with Crippen molar-refractivity contribution in [3.05, 3.63) is 114 Å². The average molecular weight is 393 g/mol. The van der Waals surface area contributed by atoms with Gasteiger partial charge in [-0.25, -0.2) is 0 Å². The maximum atomic E-state index is 5.53. The van der Waals surface area contributed by atoms with Crippen molar-refractivity contribution in [2.24, 2.45) is 0 Å². The maximum Gasteiger partial charge on any atom is 0.119 e. The van der Waals surface area contributed by atoms with E-state index in [-0.39, 0.29) is 0 Å². The van der Waals surface area contributed by atoms with Crippen LogP contribution in [0, 0.1) is 0 Å². The van der Waals surface area contributed by atoms with Gasteiger partial charge in [0, 0.05) is 0 Å². The monoisotopic (exact) mass is 392 g/mol. The lowest BCUT2D eigenvalue weighted by Crippen LogP contribution is -1.98. The predicted molar refractivity (Wildman–Crippen MR) is 127 cm³/mol. The first kappa shape index (κ1) is 20.0. The molecule has 150 valence electrons. The quantitative estimate of drug-likeness (QED) is 0.312. The zero-order chi connectivity index (χ0) is 20.8. The second-order valence-corrected chi connectivity index (χ2v) is 7.75. The number of ether oxygens (including phenoxy) is 1. The van der Waals surface area contributed by atoms with Crippen molar-refractivity contribution in [1.82, 2.24) is 0 Å². The summed E-state index contributed by atoms with van der Waals surface area (Å²) in [4.78, 5) is 0. The van der Waals surface area contributed by atoms with E-state index in [1.807, 2.05) is 19.1 Å². The van der Waals surface area contributed by atoms with Crippen LogP contribution in [0.4, 0.5) is 0 Å². The largest absolute Gasteiger partial charge is 0.494 e. The Morgan fingerprint density at radius 2 is 1.07 bits per heavy atom. The molecular weight excluding hydrogens is 364 g/mol. The third kappa shape index (κ3) is 4.80. The van der Waals surface area contributed by atoms with Gasteiger partial charge in [0.05, 0.1) is 6.61 Å². The van der Waals surface area contributed by atoms with Gasteiger partial charge in [-0.3, -0.25) is 0 Å². The van der Waals surface area contributed by atoms with Crippen LogP contribution in [-0.4, -0.2) is 6.61 Å². The molecule has 0 radical (unpaired) electrons. The first-order valence-electron chi connectivity index (χ1n) is 10.7. The topological polar surface area (TPSA) is 9.23 Å². The number of hydrogen-bond donors (Lipinski definition) is 0. The maximum absolute atomic E-state index is 5.53. The second-order valence-electron chi connectivity index (χ2n) is 7.75. The molecule has 0 aromatic heterocycles. The summed E-state index contributed by atoms with van der Waals surface area (Å²) < 4.78 is 5.53. The number of benzene rings is 4. The molecule has 1 heteroatoms. The third-order valence-electron chi connectivity index (χ3n) is 5.58. The van der Waals surface area contributed by atoms with E-state index in [1.54, 1.807) is 0 Å². The molecule has 1 nitrogen and oxygen atoms in total. The molecule has 4 aromatic carbocycles. The van der Waals surface area contributed by atoms with E-state index in [0.717, 1.165) is 12.2 Å². The molecule has 0 saturated carbocycles. The lowest BCUT2D eigenvalue weighted by molar-refractivity contribution is 0.340. The van der Waals surface area contributed by atoms with Crippen LogP contribution in [0.3, 0.4) is 0 Å². The van der Waals surface area contributed by atoms with Gasteiger partial charge >= 0.3 is 0 Å². The molecule has 0 aliphatic carbocycles. The van der Waals surface area contributed by atoms with Gasteiger partial charge < -0.3 is 4.74 Å². The molecule has 30 heavy (non-hydrogen) atoms. The molecule has 0 amide bonds. The van der Waals surface area contributed by atoms with Crippen molar-refractivity contribution in [3.8, 4) is 28.0 Å². The van der Waals surface area contributed by atoms with Gasteiger partial charge in [0.25, 0.3) is 0 Å². The SMILES string of the molecule is CCOc1ccc(-c2ccc(-c3ccc(C[C@H](C)c4ccccc4)cc3)cc2)cc1. The van der Waals surface area contributed by atoms with Crippen LogP contribution >= 0.6 is 0 Å². The van der Waals surface area contributed by atoms with E-state index in [4.69, 9.17) is 4.74 Å². The first-order chi connectivity index (χ1) is 14.7. The van der Waals surface area contributed by atoms with E-state index in [2.05, 4.69) is 97.9 Å². The van der Waals surface area contributed by atoms with Crippen molar-refractivity contribution >= 4 is 0 Å². The summed E-state index contributed by atoms with van der Waals surface area (Å²) in [6.45, 7) is 4.99. The van der Waals surface area contributed by atoms with Gasteiger partial charge in [0.2, 0.25) is 0 Å². The van der Waals surface area contributed by atoms with Crippen LogP contribution < -0.4 is 4.74 Å². The van der Waals surface area contributed by atoms with Crippen molar-refractivity contribution < 1.29 is 4.74 Å². The molecule has 0 fully saturated rings. The fourth-order valence-electron chi connectivity index (χ4n) is 3.85. The lowest BCUT2D eigenvalue weighted by atomic mass is 9.92. The summed E-state index contributed by atoms with van der Waals surface area (Å²) in [5.74, 6) is 1.44. The molecule has 0 unspecified atom stereocenters. The van der Waals surface area contributed by atoms with Crippen LogP contribution in [0.5, 0.6) is 5.75 Å². The molecule has 1 atom stereocenters. The highest BCUT2D eigenvalue weighted by Gasteiger charge is 2.07. The van der Waals surface area contributed by atoms with E-state index < -0.39 is 0 Å². The standard InChI is InChI=1S/C29H28O/c1-3-30-29-19-17-28(18-20-29)27-15-13-26(14-16-27)25-11-9-23(10-12-25)21-22(2)24-7-5-4-6-8-24/h4-20,22H,3,21H2,1-2H3/t22-/m0/s1. The van der Waals surface area contributed by atoms with Gasteiger partial charge in [-0.2, -0.15) is 0 Å². The van der Waals surface area contributed by atoms with Gasteiger partial charge in [0.1, 0.15) is 5.75 Å². The summed E-state index contributed by atoms with van der Waals surface area (Å²) in [6.07, 6.45) is 1.06. The van der Waals surface area contributed by atoms with Crippen LogP contribution in [0.15, 0.2) is 103 Å². The lowest BCUT2D eigenvalue weighted by Gasteiger charge is -2.12. The Morgan fingerprint density at radius 3 is 1.57 bits per heavy atom. The summed E-state index contributed by atoms with van der Waals surface area (Å²) in [7, 11) is 0. The van der Waals surface area contributed by atoms with Gasteiger partial charge in [-0.1, -0.05) is 97.9 Å². The minimum atomic E-state index is 0.519. The molecule has 4 aromatic rings. The zero-order valence-electron chi connectivity index (χ0n) is 17.7. The molecule has 0 aliphatic rings. The minimum Gasteiger partial charge on any atom is -0.494 e. The predicted octanol–water partition coefficient (Wildman–Crippen LogP) is 7.77. The van der Waals surface area contributed by atoms with E-state index >= 15 is 0 Å². The molecular formula is C29H28O. The van der Waals surface area contributed by atoms with E-state index in [9.17, 15) is 0 Å². The zero-order valence-corrected chi connectivity index (χ0v) is 17.7. The molecule has 0 saturated heterocycles. The Morgan fingerprint density at radius 1 is 0.600 bits per heavy atom. The van der Waals surface area contributed by atoms with Gasteiger partial charge in [-0.15, -0.1) is 0 Å². The Kier molecular flexibility index (Phi) is 6.29. The highest BCUT2D eigenvalue weighted by Crippen LogP contribution is 2.27. The van der Waals surface area contributed by atoms with Gasteiger partial charge in [-0.05, 0) is 64.8 Å². The Bertz CT molecular complexity index is 1050. The highest BCUT2D eigenvalue weighted by atomic mass is 16.5. The van der Waals surface area contributed by atoms with Crippen LogP contribution in [-0.2, 0) is 6.42 Å². The summed E-state index contributed by atoms with van der Waals surface area (Å²) in [5.41, 5.74) is 7.69. The van der Waals surface area contributed by atoms with Crippen molar-refractivity contribution in [1.29, 1.82) is 0 Å². The normalized spacial score (nSPS) is 11.8. The summed E-state index contributed by atoms with van der Waals surface area (Å²) >= 11 is 0. The number of hydrogen-bond acceptors (Lipinski definition) is 1. The van der Waals surface area contributed by atoms with Crippen molar-refractivity contribution in [2.75, 3.05) is 6.61 Å². The molecule has 0 spiro atoms. The molecule has 0 N–H and O–H groups in total. The number of rotatable bonds is 7. The van der Waals surface area contributed by atoms with E-state index in [1.165, 1.54) is 33.4 Å². The molecule has 0 bridgehead atoms. The summed E-state index contributed by atoms with van der Waals surface area (Å²) in [5, 5.41) is 0. The Hall–Kier alpha value is -3.32. The van der Waals surface area contributed by atoms with E-state index in [0.29, 0.717) is 12.5 Å².